The fraction of sp³-hybridized carbons (Fsp3) is 0.385. The summed E-state index contributed by atoms with van der Waals surface area (Å²) in [6, 6.07) is 4.12. The van der Waals surface area contributed by atoms with E-state index in [1.165, 1.54) is 29.2 Å². The molecule has 1 aromatic carbocycles. The lowest BCUT2D eigenvalue weighted by molar-refractivity contribution is -0.141. The third kappa shape index (κ3) is 3.90. The van der Waals surface area contributed by atoms with Crippen LogP contribution in [0, 0.1) is 0 Å². The van der Waals surface area contributed by atoms with Gasteiger partial charge in [-0.05, 0) is 48.9 Å². The van der Waals surface area contributed by atoms with Crippen molar-refractivity contribution in [1.82, 2.24) is 4.90 Å². The third-order valence-electron chi connectivity index (χ3n) is 3.13. The van der Waals surface area contributed by atoms with Crippen LogP contribution in [0.15, 0.2) is 29.2 Å². The molecule has 0 spiro atoms. The van der Waals surface area contributed by atoms with Crippen molar-refractivity contribution in [1.29, 1.82) is 0 Å². The average molecular weight is 319 g/mol. The molecule has 2 rings (SSSR count). The second-order valence-corrected chi connectivity index (χ2v) is 5.71. The lowest BCUT2D eigenvalue weighted by atomic mass is 10.1. The van der Waals surface area contributed by atoms with Crippen molar-refractivity contribution in [2.75, 3.05) is 6.54 Å². The molecule has 0 aromatic heterocycles. The molecule has 1 fully saturated rings. The Labute approximate surface area is 122 Å². The van der Waals surface area contributed by atoms with Gasteiger partial charge in [0, 0.05) is 17.0 Å². The van der Waals surface area contributed by atoms with Gasteiger partial charge < -0.3 is 10.0 Å². The van der Waals surface area contributed by atoms with E-state index in [1.54, 1.807) is 0 Å². The van der Waals surface area contributed by atoms with Crippen LogP contribution in [0.25, 0.3) is 0 Å². The van der Waals surface area contributed by atoms with Gasteiger partial charge in [0.15, 0.2) is 0 Å². The maximum absolute atomic E-state index is 12.2. The van der Waals surface area contributed by atoms with E-state index in [1.807, 2.05) is 0 Å². The number of amides is 1. The van der Waals surface area contributed by atoms with Gasteiger partial charge in [-0.25, -0.2) is 4.79 Å². The zero-order valence-corrected chi connectivity index (χ0v) is 11.6. The first-order chi connectivity index (χ1) is 9.78. The summed E-state index contributed by atoms with van der Waals surface area (Å²) >= 11 is -0.260. The standard InChI is InChI=1S/C13H12F3NO3S/c14-13(15,16)21-9-5-3-8(4-6-9)11(18)17-7-1-2-10(17)12(19)20/h3-6,10H,1-2,7H2,(H,19,20). The van der Waals surface area contributed by atoms with Crippen molar-refractivity contribution < 1.29 is 27.9 Å². The second kappa shape index (κ2) is 5.97. The number of carboxylic acid groups (broad SMARTS) is 1. The highest BCUT2D eigenvalue weighted by atomic mass is 32.2. The molecule has 1 aromatic rings. The van der Waals surface area contributed by atoms with E-state index in [9.17, 15) is 22.8 Å². The number of likely N-dealkylation sites (tertiary alicyclic amines) is 1. The highest BCUT2D eigenvalue weighted by Crippen LogP contribution is 2.36. The Morgan fingerprint density at radius 1 is 1.24 bits per heavy atom. The lowest BCUT2D eigenvalue weighted by Gasteiger charge is -2.21. The van der Waals surface area contributed by atoms with Crippen molar-refractivity contribution in [3.05, 3.63) is 29.8 Å². The van der Waals surface area contributed by atoms with Crippen LogP contribution in [0.2, 0.25) is 0 Å². The van der Waals surface area contributed by atoms with E-state index in [0.717, 1.165) is 0 Å². The molecule has 21 heavy (non-hydrogen) atoms. The minimum Gasteiger partial charge on any atom is -0.480 e. The number of aliphatic carboxylic acids is 1. The minimum atomic E-state index is -4.38. The average Bonchev–Trinajstić information content (AvgIpc) is 2.86. The maximum Gasteiger partial charge on any atom is 0.446 e. The number of halogens is 3. The van der Waals surface area contributed by atoms with Crippen LogP contribution in [-0.2, 0) is 4.79 Å². The number of carbonyl (C=O) groups excluding carboxylic acids is 1. The van der Waals surface area contributed by atoms with Crippen molar-refractivity contribution in [2.45, 2.75) is 29.3 Å². The highest BCUT2D eigenvalue weighted by molar-refractivity contribution is 8.00. The molecule has 0 radical (unpaired) electrons. The molecule has 1 atom stereocenters. The van der Waals surface area contributed by atoms with Crippen LogP contribution in [0.5, 0.6) is 0 Å². The predicted molar refractivity (Wildman–Crippen MR) is 70.0 cm³/mol. The van der Waals surface area contributed by atoms with Crippen LogP contribution in [0.4, 0.5) is 13.2 Å². The van der Waals surface area contributed by atoms with Gasteiger partial charge in [0.05, 0.1) is 0 Å². The fourth-order valence-corrected chi connectivity index (χ4v) is 2.77. The number of hydrogen-bond donors (Lipinski definition) is 1. The van der Waals surface area contributed by atoms with Crippen molar-refractivity contribution in [3.8, 4) is 0 Å². The van der Waals surface area contributed by atoms with Gasteiger partial charge in [-0.1, -0.05) is 0 Å². The number of thioether (sulfide) groups is 1. The molecular formula is C13H12F3NO3S. The van der Waals surface area contributed by atoms with Gasteiger partial charge >= 0.3 is 11.5 Å². The molecule has 1 unspecified atom stereocenters. The molecule has 1 saturated heterocycles. The predicted octanol–water partition coefficient (Wildman–Crippen LogP) is 2.99. The summed E-state index contributed by atoms with van der Waals surface area (Å²) in [6.45, 7) is 0.342. The number of carbonyl (C=O) groups is 2. The van der Waals surface area contributed by atoms with E-state index in [0.29, 0.717) is 19.4 Å². The number of carboxylic acids is 1. The van der Waals surface area contributed by atoms with E-state index in [4.69, 9.17) is 5.11 Å². The Morgan fingerprint density at radius 2 is 1.86 bits per heavy atom. The zero-order valence-electron chi connectivity index (χ0n) is 10.8. The molecule has 4 nitrogen and oxygen atoms in total. The summed E-state index contributed by atoms with van der Waals surface area (Å²) in [4.78, 5) is 24.5. The summed E-state index contributed by atoms with van der Waals surface area (Å²) in [7, 11) is 0. The van der Waals surface area contributed by atoms with Gasteiger partial charge in [-0.2, -0.15) is 13.2 Å². The summed E-state index contributed by atoms with van der Waals surface area (Å²) < 4.78 is 36.6. The minimum absolute atomic E-state index is 0.0183. The summed E-state index contributed by atoms with van der Waals surface area (Å²) in [5, 5.41) is 9.03. The largest absolute Gasteiger partial charge is 0.480 e. The lowest BCUT2D eigenvalue weighted by Crippen LogP contribution is -2.40. The van der Waals surface area contributed by atoms with Crippen molar-refractivity contribution >= 4 is 23.6 Å². The van der Waals surface area contributed by atoms with Crippen LogP contribution in [-0.4, -0.2) is 40.0 Å². The quantitative estimate of drug-likeness (QED) is 0.870. The first-order valence-corrected chi connectivity index (χ1v) is 6.99. The molecular weight excluding hydrogens is 307 g/mol. The number of alkyl halides is 3. The summed E-state index contributed by atoms with van der Waals surface area (Å²) in [6.07, 6.45) is 0.994. The molecule has 0 saturated carbocycles. The zero-order chi connectivity index (χ0) is 15.6. The first kappa shape index (κ1) is 15.7. The van der Waals surface area contributed by atoms with Gasteiger partial charge in [-0.15, -0.1) is 0 Å². The Morgan fingerprint density at radius 3 is 2.38 bits per heavy atom. The molecule has 8 heteroatoms. The Kier molecular flexibility index (Phi) is 4.46. The van der Waals surface area contributed by atoms with Gasteiger partial charge in [0.2, 0.25) is 0 Å². The monoisotopic (exact) mass is 319 g/mol. The maximum atomic E-state index is 12.2. The number of hydrogen-bond acceptors (Lipinski definition) is 3. The van der Waals surface area contributed by atoms with Crippen molar-refractivity contribution in [3.63, 3.8) is 0 Å². The molecule has 1 N–H and O–H groups in total. The number of benzene rings is 1. The second-order valence-electron chi connectivity index (χ2n) is 4.57. The SMILES string of the molecule is O=C(O)C1CCCN1C(=O)c1ccc(SC(F)(F)F)cc1. The Bertz CT molecular complexity index is 545. The van der Waals surface area contributed by atoms with Crippen LogP contribution < -0.4 is 0 Å². The van der Waals surface area contributed by atoms with Gasteiger partial charge in [0.25, 0.3) is 5.91 Å². The smallest absolute Gasteiger partial charge is 0.446 e. The summed E-state index contributed by atoms with van der Waals surface area (Å²) in [5.41, 5.74) is -4.19. The van der Waals surface area contributed by atoms with E-state index in [-0.39, 0.29) is 22.2 Å². The molecule has 1 aliphatic rings. The molecule has 114 valence electrons. The van der Waals surface area contributed by atoms with Crippen molar-refractivity contribution in [2.24, 2.45) is 0 Å². The van der Waals surface area contributed by atoms with E-state index >= 15 is 0 Å². The number of nitrogens with zero attached hydrogens (tertiary/aromatic N) is 1. The molecule has 1 aliphatic heterocycles. The normalized spacial score (nSPS) is 18.8. The number of rotatable bonds is 3. The molecule has 1 heterocycles. The van der Waals surface area contributed by atoms with E-state index in [2.05, 4.69) is 0 Å². The highest BCUT2D eigenvalue weighted by Gasteiger charge is 2.34. The third-order valence-corrected chi connectivity index (χ3v) is 3.87. The van der Waals surface area contributed by atoms with Crippen LogP contribution in [0.3, 0.4) is 0 Å². The van der Waals surface area contributed by atoms with Gasteiger partial charge in [0.1, 0.15) is 6.04 Å². The van der Waals surface area contributed by atoms with Gasteiger partial charge in [-0.3, -0.25) is 4.79 Å². The fourth-order valence-electron chi connectivity index (χ4n) is 2.23. The Hall–Kier alpha value is -1.70. The Balaban J connectivity index is 2.11. The molecule has 0 aliphatic carbocycles. The first-order valence-electron chi connectivity index (χ1n) is 6.17. The molecule has 1 amide bonds. The van der Waals surface area contributed by atoms with Crippen LogP contribution >= 0.6 is 11.8 Å². The van der Waals surface area contributed by atoms with Crippen LogP contribution in [0.1, 0.15) is 23.2 Å². The van der Waals surface area contributed by atoms with E-state index < -0.39 is 23.4 Å². The summed E-state index contributed by atoms with van der Waals surface area (Å²) in [5.74, 6) is -1.53. The topological polar surface area (TPSA) is 57.6 Å². The molecule has 0 bridgehead atoms.